The molecule has 3 aromatic rings. The maximum Gasteiger partial charge on any atom is 0.332 e. The third-order valence-corrected chi connectivity index (χ3v) is 6.85. The molecule has 30 heavy (non-hydrogen) atoms. The lowest BCUT2D eigenvalue weighted by Gasteiger charge is -2.22. The molecule has 156 valence electrons. The number of ether oxygens (including phenoxy) is 1. The molecule has 1 fully saturated rings. The number of rotatable bonds is 5. The Morgan fingerprint density at radius 2 is 1.97 bits per heavy atom. The van der Waals surface area contributed by atoms with Crippen LogP contribution in [0.4, 0.5) is 0 Å². The van der Waals surface area contributed by atoms with Crippen LogP contribution in [-0.2, 0) is 26.1 Å². The molecule has 1 atom stereocenters. The number of methoxy groups -OCH3 is 1. The fourth-order valence-electron chi connectivity index (χ4n) is 4.57. The van der Waals surface area contributed by atoms with Crippen LogP contribution >= 0.6 is 11.3 Å². The maximum absolute atomic E-state index is 12.8. The summed E-state index contributed by atoms with van der Waals surface area (Å²) in [5.41, 5.74) is -0.159. The van der Waals surface area contributed by atoms with Gasteiger partial charge in [-0.1, -0.05) is 12.1 Å². The molecule has 9 heteroatoms. The molecule has 0 N–H and O–H groups in total. The van der Waals surface area contributed by atoms with E-state index in [1.165, 1.54) is 4.68 Å². The van der Waals surface area contributed by atoms with E-state index in [-0.39, 0.29) is 12.0 Å². The second-order valence-corrected chi connectivity index (χ2v) is 9.16. The third kappa shape index (κ3) is 3.48. The lowest BCUT2D eigenvalue weighted by molar-refractivity contribution is 0.246. The van der Waals surface area contributed by atoms with E-state index in [1.807, 2.05) is 35.8 Å². The number of aromatic nitrogens is 4. The number of likely N-dealkylation sites (tertiary alicyclic amines) is 1. The number of benzene rings is 1. The van der Waals surface area contributed by atoms with Crippen molar-refractivity contribution in [2.75, 3.05) is 20.2 Å². The van der Waals surface area contributed by atoms with Crippen LogP contribution in [0.15, 0.2) is 45.4 Å². The highest BCUT2D eigenvalue weighted by atomic mass is 32.1. The molecule has 5 rings (SSSR count). The first-order valence-electron chi connectivity index (χ1n) is 10.00. The van der Waals surface area contributed by atoms with Crippen LogP contribution < -0.4 is 15.9 Å². The van der Waals surface area contributed by atoms with Gasteiger partial charge in [0.2, 0.25) is 0 Å². The van der Waals surface area contributed by atoms with E-state index in [1.54, 1.807) is 23.0 Å². The summed E-state index contributed by atoms with van der Waals surface area (Å²) in [4.78, 5) is 32.2. The van der Waals surface area contributed by atoms with Gasteiger partial charge in [0.05, 0.1) is 20.2 Å². The molecule has 2 aliphatic heterocycles. The van der Waals surface area contributed by atoms with Gasteiger partial charge in [-0.15, -0.1) is 11.3 Å². The van der Waals surface area contributed by atoms with Gasteiger partial charge in [-0.05, 0) is 30.7 Å². The fraction of sp³-hybridized carbons (Fsp3) is 0.429. The Hall–Kier alpha value is -2.78. The number of thiazole rings is 1. The molecule has 0 amide bonds. The Morgan fingerprint density at radius 3 is 2.70 bits per heavy atom. The fourth-order valence-corrected chi connectivity index (χ4v) is 5.23. The molecular formula is C21H23N5O3S. The zero-order chi connectivity index (χ0) is 20.7. The first kappa shape index (κ1) is 19.2. The van der Waals surface area contributed by atoms with Crippen molar-refractivity contribution < 1.29 is 4.74 Å². The van der Waals surface area contributed by atoms with Gasteiger partial charge in [0.25, 0.3) is 0 Å². The van der Waals surface area contributed by atoms with Gasteiger partial charge < -0.3 is 4.74 Å². The normalized spacial score (nSPS) is 20.7. The van der Waals surface area contributed by atoms with Crippen molar-refractivity contribution in [2.45, 2.75) is 32.5 Å². The van der Waals surface area contributed by atoms with E-state index >= 15 is 0 Å². The molecule has 1 spiro atoms. The minimum atomic E-state index is -0.566. The van der Waals surface area contributed by atoms with Gasteiger partial charge in [-0.3, -0.25) is 19.1 Å². The SMILES string of the molecule is COc1ccc(Cn2nc3n(c(=O)c2=O)C[C@]2(CCN(Cc4nccs4)C2)C3)cc1. The summed E-state index contributed by atoms with van der Waals surface area (Å²) in [5.74, 6) is 1.46. The third-order valence-electron chi connectivity index (χ3n) is 6.09. The molecule has 0 aliphatic carbocycles. The number of hydrogen-bond acceptors (Lipinski definition) is 7. The molecule has 8 nitrogen and oxygen atoms in total. The quantitative estimate of drug-likeness (QED) is 0.574. The summed E-state index contributed by atoms with van der Waals surface area (Å²) in [6, 6.07) is 7.44. The molecule has 4 heterocycles. The Morgan fingerprint density at radius 1 is 1.13 bits per heavy atom. The van der Waals surface area contributed by atoms with E-state index in [9.17, 15) is 9.59 Å². The molecular weight excluding hydrogens is 402 g/mol. The Kier molecular flexibility index (Phi) is 4.79. The number of hydrogen-bond donors (Lipinski definition) is 0. The van der Waals surface area contributed by atoms with Crippen LogP contribution in [0.25, 0.3) is 0 Å². The molecule has 2 aliphatic rings. The molecule has 1 saturated heterocycles. The molecule has 0 unspecified atom stereocenters. The number of fused-ring (bicyclic) bond motifs is 1. The van der Waals surface area contributed by atoms with Crippen LogP contribution in [0.5, 0.6) is 5.75 Å². The van der Waals surface area contributed by atoms with Crippen molar-refractivity contribution >= 4 is 11.3 Å². The average molecular weight is 426 g/mol. The van der Waals surface area contributed by atoms with Gasteiger partial charge in [0.15, 0.2) is 0 Å². The summed E-state index contributed by atoms with van der Waals surface area (Å²) in [5, 5.41) is 7.68. The van der Waals surface area contributed by atoms with E-state index in [0.29, 0.717) is 12.4 Å². The van der Waals surface area contributed by atoms with Gasteiger partial charge >= 0.3 is 11.1 Å². The van der Waals surface area contributed by atoms with Crippen LogP contribution in [0, 0.1) is 5.41 Å². The Bertz CT molecular complexity index is 1170. The molecule has 0 radical (unpaired) electrons. The van der Waals surface area contributed by atoms with Crippen LogP contribution in [-0.4, -0.2) is 44.4 Å². The van der Waals surface area contributed by atoms with E-state index in [4.69, 9.17) is 4.74 Å². The summed E-state index contributed by atoms with van der Waals surface area (Å²) < 4.78 is 8.07. The van der Waals surface area contributed by atoms with Crippen LogP contribution in [0.2, 0.25) is 0 Å². The summed E-state index contributed by atoms with van der Waals surface area (Å²) in [6.07, 6.45) is 3.55. The van der Waals surface area contributed by atoms with Crippen molar-refractivity contribution in [1.82, 2.24) is 24.2 Å². The van der Waals surface area contributed by atoms with Crippen molar-refractivity contribution in [2.24, 2.45) is 5.41 Å². The minimum Gasteiger partial charge on any atom is -0.497 e. The second kappa shape index (κ2) is 7.48. The lowest BCUT2D eigenvalue weighted by Crippen LogP contribution is -2.43. The largest absolute Gasteiger partial charge is 0.497 e. The standard InChI is InChI=1S/C21H23N5O3S/c1-29-16-4-2-15(3-5-16)11-26-20(28)19(27)25-14-21(10-17(25)23-26)6-8-24(13-21)12-18-22-7-9-30-18/h2-5,7,9H,6,8,10-14H2,1H3/t21-/m1/s1. The minimum absolute atomic E-state index is 0.0256. The molecule has 1 aromatic carbocycles. The Balaban J connectivity index is 1.36. The van der Waals surface area contributed by atoms with Crippen molar-refractivity contribution in [3.8, 4) is 5.75 Å². The maximum atomic E-state index is 12.8. The highest BCUT2D eigenvalue weighted by Gasteiger charge is 2.44. The molecule has 2 aromatic heterocycles. The van der Waals surface area contributed by atoms with E-state index in [0.717, 1.165) is 48.8 Å². The highest BCUT2D eigenvalue weighted by Crippen LogP contribution is 2.39. The molecule has 0 bridgehead atoms. The topological polar surface area (TPSA) is 82.2 Å². The molecule has 0 saturated carbocycles. The first-order valence-corrected chi connectivity index (χ1v) is 10.9. The van der Waals surface area contributed by atoms with Crippen molar-refractivity contribution in [3.05, 3.63) is 72.9 Å². The van der Waals surface area contributed by atoms with Crippen molar-refractivity contribution in [1.29, 1.82) is 0 Å². The zero-order valence-corrected chi connectivity index (χ0v) is 17.6. The zero-order valence-electron chi connectivity index (χ0n) is 16.8. The first-order chi connectivity index (χ1) is 14.5. The smallest absolute Gasteiger partial charge is 0.332 e. The Labute approximate surface area is 177 Å². The number of nitrogens with zero attached hydrogens (tertiary/aromatic N) is 5. The monoisotopic (exact) mass is 425 g/mol. The predicted octanol–water partition coefficient (Wildman–Crippen LogP) is 1.37. The average Bonchev–Trinajstić information content (AvgIpc) is 3.48. The summed E-state index contributed by atoms with van der Waals surface area (Å²) in [7, 11) is 1.61. The van der Waals surface area contributed by atoms with Gasteiger partial charge in [0, 0.05) is 36.5 Å². The van der Waals surface area contributed by atoms with Gasteiger partial charge in [0.1, 0.15) is 16.6 Å². The van der Waals surface area contributed by atoms with E-state index in [2.05, 4.69) is 15.0 Å². The van der Waals surface area contributed by atoms with Crippen LogP contribution in [0.1, 0.15) is 22.8 Å². The highest BCUT2D eigenvalue weighted by molar-refractivity contribution is 7.09. The van der Waals surface area contributed by atoms with E-state index < -0.39 is 11.1 Å². The summed E-state index contributed by atoms with van der Waals surface area (Å²) >= 11 is 1.66. The van der Waals surface area contributed by atoms with Crippen molar-refractivity contribution in [3.63, 3.8) is 0 Å². The van der Waals surface area contributed by atoms with Gasteiger partial charge in [-0.25, -0.2) is 9.67 Å². The lowest BCUT2D eigenvalue weighted by atomic mass is 9.86. The van der Waals surface area contributed by atoms with Crippen LogP contribution in [0.3, 0.4) is 0 Å². The predicted molar refractivity (Wildman–Crippen MR) is 113 cm³/mol. The van der Waals surface area contributed by atoms with Gasteiger partial charge in [-0.2, -0.15) is 5.10 Å². The second-order valence-electron chi connectivity index (χ2n) is 8.18. The summed E-state index contributed by atoms with van der Waals surface area (Å²) in [6.45, 7) is 3.54.